The summed E-state index contributed by atoms with van der Waals surface area (Å²) in [5, 5.41) is 1.97. The Balaban J connectivity index is 1.89. The van der Waals surface area contributed by atoms with Crippen molar-refractivity contribution in [2.75, 3.05) is 6.61 Å². The second-order valence-corrected chi connectivity index (χ2v) is 7.08. The third kappa shape index (κ3) is 2.23. The summed E-state index contributed by atoms with van der Waals surface area (Å²) in [7, 11) is 0. The molecule has 5 rings (SSSR count). The minimum absolute atomic E-state index is 0.674. The highest BCUT2D eigenvalue weighted by atomic mass is 35.5. The fraction of sp³-hybridized carbons (Fsp3) is 0.130. The molecule has 1 aliphatic rings. The second-order valence-electron chi connectivity index (χ2n) is 6.65. The van der Waals surface area contributed by atoms with E-state index in [-0.39, 0.29) is 0 Å². The van der Waals surface area contributed by atoms with Gasteiger partial charge < -0.3 is 9.30 Å². The first kappa shape index (κ1) is 15.7. The van der Waals surface area contributed by atoms with E-state index < -0.39 is 5.72 Å². The molecule has 128 valence electrons. The Morgan fingerprint density at radius 1 is 0.808 bits per heavy atom. The SMILES string of the molecule is Clc1ccc(C2(c3ccccc3)OCCc3cc4ccccc4n32)cc1. The van der Waals surface area contributed by atoms with Crippen molar-refractivity contribution in [2.45, 2.75) is 12.1 Å². The van der Waals surface area contributed by atoms with Crippen LogP contribution in [0, 0.1) is 0 Å². The number of fused-ring (bicyclic) bond motifs is 3. The summed E-state index contributed by atoms with van der Waals surface area (Å²) in [5.41, 5.74) is 3.97. The molecule has 0 radical (unpaired) electrons. The lowest BCUT2D eigenvalue weighted by atomic mass is 9.92. The maximum atomic E-state index is 6.59. The molecule has 2 nitrogen and oxygen atoms in total. The van der Waals surface area contributed by atoms with E-state index in [0.717, 1.165) is 22.6 Å². The van der Waals surface area contributed by atoms with E-state index in [9.17, 15) is 0 Å². The van der Waals surface area contributed by atoms with Crippen LogP contribution in [0.25, 0.3) is 10.9 Å². The van der Waals surface area contributed by atoms with Crippen LogP contribution in [0.2, 0.25) is 5.02 Å². The number of rotatable bonds is 2. The first-order chi connectivity index (χ1) is 12.8. The van der Waals surface area contributed by atoms with Gasteiger partial charge in [-0.3, -0.25) is 0 Å². The van der Waals surface area contributed by atoms with Gasteiger partial charge in [0.25, 0.3) is 0 Å². The topological polar surface area (TPSA) is 14.2 Å². The number of hydrogen-bond donors (Lipinski definition) is 0. The van der Waals surface area contributed by atoms with Gasteiger partial charge in [-0.25, -0.2) is 0 Å². The predicted molar refractivity (Wildman–Crippen MR) is 106 cm³/mol. The fourth-order valence-corrected chi connectivity index (χ4v) is 4.19. The lowest BCUT2D eigenvalue weighted by Gasteiger charge is -2.41. The molecule has 4 aromatic rings. The largest absolute Gasteiger partial charge is 0.346 e. The Bertz CT molecular complexity index is 1070. The number of halogens is 1. The average molecular weight is 360 g/mol. The van der Waals surface area contributed by atoms with Crippen molar-refractivity contribution in [1.29, 1.82) is 0 Å². The van der Waals surface area contributed by atoms with E-state index in [0.29, 0.717) is 6.61 Å². The van der Waals surface area contributed by atoms with Crippen molar-refractivity contribution in [3.8, 4) is 0 Å². The van der Waals surface area contributed by atoms with Crippen LogP contribution >= 0.6 is 11.6 Å². The molecule has 0 bridgehead atoms. The summed E-state index contributed by atoms with van der Waals surface area (Å²) in [6.07, 6.45) is 0.900. The van der Waals surface area contributed by atoms with E-state index in [1.165, 1.54) is 16.6 Å². The predicted octanol–water partition coefficient (Wildman–Crippen LogP) is 5.62. The van der Waals surface area contributed by atoms with Crippen LogP contribution < -0.4 is 0 Å². The number of ether oxygens (including phenoxy) is 1. The standard InChI is InChI=1S/C23H18ClNO/c24-20-12-10-19(11-13-20)23(18-7-2-1-3-8-18)25-21(14-15-26-23)16-17-6-4-5-9-22(17)25/h1-13,16H,14-15H2. The van der Waals surface area contributed by atoms with E-state index in [1.54, 1.807) is 0 Å². The van der Waals surface area contributed by atoms with E-state index in [4.69, 9.17) is 16.3 Å². The molecule has 0 spiro atoms. The van der Waals surface area contributed by atoms with Gasteiger partial charge in [0.15, 0.2) is 5.72 Å². The molecule has 3 aromatic carbocycles. The molecule has 2 heterocycles. The molecule has 1 aliphatic heterocycles. The van der Waals surface area contributed by atoms with Crippen LogP contribution in [0.4, 0.5) is 0 Å². The highest BCUT2D eigenvalue weighted by molar-refractivity contribution is 6.30. The molecule has 26 heavy (non-hydrogen) atoms. The lowest BCUT2D eigenvalue weighted by molar-refractivity contribution is -0.0555. The Labute approximate surface area is 157 Å². The zero-order valence-corrected chi connectivity index (χ0v) is 15.0. The summed E-state index contributed by atoms with van der Waals surface area (Å²) in [6.45, 7) is 0.674. The molecule has 0 N–H and O–H groups in total. The summed E-state index contributed by atoms with van der Waals surface area (Å²) in [6, 6.07) is 29.2. The van der Waals surface area contributed by atoms with Gasteiger partial charge in [-0.2, -0.15) is 0 Å². The molecule has 0 amide bonds. The van der Waals surface area contributed by atoms with Gasteiger partial charge >= 0.3 is 0 Å². The third-order valence-corrected chi connectivity index (χ3v) is 5.42. The summed E-state index contributed by atoms with van der Waals surface area (Å²) >= 11 is 6.17. The highest BCUT2D eigenvalue weighted by Gasteiger charge is 2.42. The van der Waals surface area contributed by atoms with E-state index in [2.05, 4.69) is 71.3 Å². The molecule has 1 unspecified atom stereocenters. The van der Waals surface area contributed by atoms with Gasteiger partial charge in [-0.15, -0.1) is 0 Å². The second kappa shape index (κ2) is 6.01. The van der Waals surface area contributed by atoms with Crippen LogP contribution in [-0.2, 0) is 16.9 Å². The van der Waals surface area contributed by atoms with Gasteiger partial charge in [0, 0.05) is 28.3 Å². The van der Waals surface area contributed by atoms with Crippen molar-refractivity contribution in [2.24, 2.45) is 0 Å². The van der Waals surface area contributed by atoms with E-state index in [1.807, 2.05) is 18.2 Å². The normalized spacial score (nSPS) is 19.4. The minimum atomic E-state index is -0.692. The van der Waals surface area contributed by atoms with Gasteiger partial charge in [-0.1, -0.05) is 72.3 Å². The van der Waals surface area contributed by atoms with Gasteiger partial charge in [0.2, 0.25) is 0 Å². The smallest absolute Gasteiger partial charge is 0.197 e. The van der Waals surface area contributed by atoms with Crippen LogP contribution in [0.3, 0.4) is 0 Å². The van der Waals surface area contributed by atoms with Crippen molar-refractivity contribution < 1.29 is 4.74 Å². The lowest BCUT2D eigenvalue weighted by Crippen LogP contribution is -2.43. The molecule has 1 aromatic heterocycles. The first-order valence-corrected chi connectivity index (χ1v) is 9.22. The Hall–Kier alpha value is -2.55. The molecular weight excluding hydrogens is 342 g/mol. The molecule has 0 saturated heterocycles. The number of para-hydroxylation sites is 1. The van der Waals surface area contributed by atoms with Crippen LogP contribution in [0.15, 0.2) is 84.9 Å². The maximum Gasteiger partial charge on any atom is 0.197 e. The molecule has 3 heteroatoms. The Morgan fingerprint density at radius 3 is 2.31 bits per heavy atom. The number of nitrogens with zero attached hydrogens (tertiary/aromatic N) is 1. The molecule has 0 aliphatic carbocycles. The van der Waals surface area contributed by atoms with Crippen LogP contribution in [0.1, 0.15) is 16.8 Å². The maximum absolute atomic E-state index is 6.59. The summed E-state index contributed by atoms with van der Waals surface area (Å²) in [4.78, 5) is 0. The Morgan fingerprint density at radius 2 is 1.50 bits per heavy atom. The number of aromatic nitrogens is 1. The fourth-order valence-electron chi connectivity index (χ4n) is 4.07. The first-order valence-electron chi connectivity index (χ1n) is 8.84. The summed E-state index contributed by atoms with van der Waals surface area (Å²) in [5.74, 6) is 0. The summed E-state index contributed by atoms with van der Waals surface area (Å²) < 4.78 is 8.94. The monoisotopic (exact) mass is 359 g/mol. The molecule has 1 atom stereocenters. The zero-order valence-electron chi connectivity index (χ0n) is 14.2. The van der Waals surface area contributed by atoms with Gasteiger partial charge in [-0.05, 0) is 29.7 Å². The van der Waals surface area contributed by atoms with Gasteiger partial charge in [0.05, 0.1) is 12.1 Å². The minimum Gasteiger partial charge on any atom is -0.346 e. The molecule has 0 saturated carbocycles. The Kier molecular flexibility index (Phi) is 3.63. The van der Waals surface area contributed by atoms with Gasteiger partial charge in [0.1, 0.15) is 0 Å². The van der Waals surface area contributed by atoms with Crippen LogP contribution in [-0.4, -0.2) is 11.2 Å². The number of benzene rings is 3. The van der Waals surface area contributed by atoms with Crippen molar-refractivity contribution in [1.82, 2.24) is 4.57 Å². The molecule has 0 fully saturated rings. The molecular formula is C23H18ClNO. The van der Waals surface area contributed by atoms with Crippen LogP contribution in [0.5, 0.6) is 0 Å². The van der Waals surface area contributed by atoms with Crippen molar-refractivity contribution in [3.63, 3.8) is 0 Å². The highest BCUT2D eigenvalue weighted by Crippen LogP contribution is 2.42. The quantitative estimate of drug-likeness (QED) is 0.453. The third-order valence-electron chi connectivity index (χ3n) is 5.17. The number of hydrogen-bond acceptors (Lipinski definition) is 1. The van der Waals surface area contributed by atoms with Crippen molar-refractivity contribution >= 4 is 22.5 Å². The zero-order chi connectivity index (χ0) is 17.6. The van der Waals surface area contributed by atoms with E-state index >= 15 is 0 Å². The van der Waals surface area contributed by atoms with Crippen molar-refractivity contribution in [3.05, 3.63) is 107 Å². The average Bonchev–Trinajstić information content (AvgIpc) is 3.08.